The molecule has 0 aromatic heterocycles. The molecule has 4 nitrogen and oxygen atoms in total. The Labute approximate surface area is 300 Å². The lowest BCUT2D eigenvalue weighted by Crippen LogP contribution is -2.34. The SMILES string of the molecule is C=C(C)C(=O)O/C(=C(/C(=O)OCc1ccccc1)C(C1CCCCCCCCC1)C1CCCCCCCCC1)C1CCCCCCCCC1. The van der Waals surface area contributed by atoms with Crippen LogP contribution in [0.1, 0.15) is 186 Å². The van der Waals surface area contributed by atoms with Crippen LogP contribution in [-0.4, -0.2) is 11.9 Å². The zero-order valence-electron chi connectivity index (χ0n) is 31.3. The summed E-state index contributed by atoms with van der Waals surface area (Å²) in [7, 11) is 0. The Morgan fingerprint density at radius 3 is 1.39 bits per heavy atom. The van der Waals surface area contributed by atoms with Gasteiger partial charge in [-0.2, -0.15) is 0 Å². The van der Waals surface area contributed by atoms with Crippen LogP contribution in [0.15, 0.2) is 53.8 Å². The molecule has 3 fully saturated rings. The summed E-state index contributed by atoms with van der Waals surface area (Å²) < 4.78 is 12.9. The van der Waals surface area contributed by atoms with Gasteiger partial charge in [0, 0.05) is 17.4 Å². The normalized spacial score (nSPS) is 21.6. The van der Waals surface area contributed by atoms with Crippen molar-refractivity contribution in [2.24, 2.45) is 23.7 Å². The van der Waals surface area contributed by atoms with E-state index in [-0.39, 0.29) is 24.4 Å². The summed E-state index contributed by atoms with van der Waals surface area (Å²) in [5.41, 5.74) is 2.11. The maximum atomic E-state index is 15.0. The molecule has 0 bridgehead atoms. The van der Waals surface area contributed by atoms with E-state index in [1.165, 1.54) is 122 Å². The molecular weight excluding hydrogens is 604 g/mol. The van der Waals surface area contributed by atoms with Gasteiger partial charge in [0.15, 0.2) is 0 Å². The molecule has 0 radical (unpaired) electrons. The Kier molecular flexibility index (Phi) is 18.7. The van der Waals surface area contributed by atoms with Gasteiger partial charge in [-0.1, -0.05) is 172 Å². The van der Waals surface area contributed by atoms with Gasteiger partial charge in [0.2, 0.25) is 0 Å². The van der Waals surface area contributed by atoms with Crippen molar-refractivity contribution in [3.05, 3.63) is 59.4 Å². The Balaban J connectivity index is 1.87. The fourth-order valence-electron chi connectivity index (χ4n) is 9.08. The van der Waals surface area contributed by atoms with Crippen molar-refractivity contribution in [2.75, 3.05) is 0 Å². The van der Waals surface area contributed by atoms with Crippen molar-refractivity contribution in [1.29, 1.82) is 0 Å². The van der Waals surface area contributed by atoms with Gasteiger partial charge in [-0.05, 0) is 62.8 Å². The van der Waals surface area contributed by atoms with Gasteiger partial charge in [0.25, 0.3) is 0 Å². The third kappa shape index (κ3) is 14.1. The Morgan fingerprint density at radius 2 is 0.980 bits per heavy atom. The van der Waals surface area contributed by atoms with E-state index in [0.717, 1.165) is 62.5 Å². The fourth-order valence-corrected chi connectivity index (χ4v) is 9.08. The summed E-state index contributed by atoms with van der Waals surface area (Å²) in [6, 6.07) is 10.1. The number of benzene rings is 1. The summed E-state index contributed by atoms with van der Waals surface area (Å²) in [6.07, 6.45) is 32.8. The number of ether oxygens (including phenoxy) is 2. The molecule has 0 heterocycles. The third-order valence-electron chi connectivity index (χ3n) is 11.9. The number of hydrogen-bond acceptors (Lipinski definition) is 4. The molecule has 274 valence electrons. The van der Waals surface area contributed by atoms with E-state index in [2.05, 4.69) is 6.58 Å². The van der Waals surface area contributed by atoms with E-state index in [4.69, 9.17) is 9.47 Å². The number of hydrogen-bond donors (Lipinski definition) is 0. The molecule has 3 aliphatic carbocycles. The predicted octanol–water partition coefficient (Wildman–Crippen LogP) is 13.1. The van der Waals surface area contributed by atoms with Crippen LogP contribution >= 0.6 is 0 Å². The number of rotatable bonds is 9. The highest BCUT2D eigenvalue weighted by atomic mass is 16.5. The van der Waals surface area contributed by atoms with Gasteiger partial charge < -0.3 is 9.47 Å². The zero-order valence-corrected chi connectivity index (χ0v) is 31.3. The number of allylic oxidation sites excluding steroid dienone is 1. The quantitative estimate of drug-likeness (QED) is 0.149. The van der Waals surface area contributed by atoms with Crippen LogP contribution in [-0.2, 0) is 25.7 Å². The largest absolute Gasteiger partial charge is 0.457 e. The second-order valence-electron chi connectivity index (χ2n) is 15.9. The topological polar surface area (TPSA) is 52.6 Å². The fraction of sp³-hybridized carbons (Fsp3) is 0.733. The van der Waals surface area contributed by atoms with Gasteiger partial charge in [0.1, 0.15) is 12.4 Å². The molecule has 0 spiro atoms. The average molecular weight is 675 g/mol. The predicted molar refractivity (Wildman–Crippen MR) is 203 cm³/mol. The minimum absolute atomic E-state index is 0.0437. The van der Waals surface area contributed by atoms with E-state index in [9.17, 15) is 4.79 Å². The lowest BCUT2D eigenvalue weighted by atomic mass is 9.67. The van der Waals surface area contributed by atoms with Crippen molar-refractivity contribution < 1.29 is 19.1 Å². The second kappa shape index (κ2) is 23.2. The van der Waals surface area contributed by atoms with Crippen molar-refractivity contribution in [3.63, 3.8) is 0 Å². The number of carbonyl (C=O) groups excluding carboxylic acids is 2. The summed E-state index contributed by atoms with van der Waals surface area (Å²) in [4.78, 5) is 28.6. The minimum atomic E-state index is -0.392. The molecule has 1 aromatic rings. The van der Waals surface area contributed by atoms with Crippen LogP contribution in [0.2, 0.25) is 0 Å². The van der Waals surface area contributed by atoms with Crippen LogP contribution in [0.4, 0.5) is 0 Å². The van der Waals surface area contributed by atoms with Gasteiger partial charge >= 0.3 is 11.9 Å². The molecule has 0 aliphatic heterocycles. The second-order valence-corrected chi connectivity index (χ2v) is 15.9. The van der Waals surface area contributed by atoms with Crippen LogP contribution in [0.3, 0.4) is 0 Å². The molecule has 4 heteroatoms. The first-order valence-electron chi connectivity index (χ1n) is 20.9. The molecule has 49 heavy (non-hydrogen) atoms. The highest BCUT2D eigenvalue weighted by Gasteiger charge is 2.40. The van der Waals surface area contributed by atoms with Crippen molar-refractivity contribution in [2.45, 2.75) is 187 Å². The molecule has 3 saturated carbocycles. The highest BCUT2D eigenvalue weighted by molar-refractivity contribution is 5.92. The molecule has 3 aliphatic rings. The average Bonchev–Trinajstić information content (AvgIpc) is 3.12. The lowest BCUT2D eigenvalue weighted by Gasteiger charge is -2.38. The molecule has 4 rings (SSSR count). The number of carbonyl (C=O) groups is 2. The molecule has 1 aromatic carbocycles. The van der Waals surface area contributed by atoms with E-state index in [1.54, 1.807) is 6.92 Å². The Bertz CT molecular complexity index is 1080. The molecule has 0 amide bonds. The maximum Gasteiger partial charge on any atom is 0.338 e. The molecule has 0 saturated heterocycles. The Hall–Kier alpha value is -2.36. The van der Waals surface area contributed by atoms with Crippen LogP contribution in [0.5, 0.6) is 0 Å². The number of esters is 2. The van der Waals surface area contributed by atoms with E-state index < -0.39 is 5.97 Å². The lowest BCUT2D eigenvalue weighted by molar-refractivity contribution is -0.142. The first-order chi connectivity index (χ1) is 24.0. The van der Waals surface area contributed by atoms with Crippen LogP contribution < -0.4 is 0 Å². The monoisotopic (exact) mass is 675 g/mol. The summed E-state index contributed by atoms with van der Waals surface area (Å²) >= 11 is 0. The molecule has 0 N–H and O–H groups in total. The van der Waals surface area contributed by atoms with E-state index in [1.807, 2.05) is 30.3 Å². The summed E-state index contributed by atoms with van der Waals surface area (Å²) in [6.45, 7) is 5.96. The first-order valence-corrected chi connectivity index (χ1v) is 20.9. The van der Waals surface area contributed by atoms with E-state index >= 15 is 4.79 Å². The standard InChI is InChI=1S/C45H70O4/c1-36(2)44(46)49-43(40-33-25-16-10-5-11-17-26-34-40)42(45(47)48-35-37-27-19-18-20-28-37)41(38-29-21-12-6-3-7-13-22-30-38)39-31-23-14-8-4-9-15-24-32-39/h18-20,27-28,38-41H,1,3-17,21-26,29-35H2,2H3/b43-42+. The third-order valence-corrected chi connectivity index (χ3v) is 11.9. The summed E-state index contributed by atoms with van der Waals surface area (Å²) in [5.74, 6) is 0.894. The van der Waals surface area contributed by atoms with Crippen molar-refractivity contribution in [1.82, 2.24) is 0 Å². The van der Waals surface area contributed by atoms with E-state index in [0.29, 0.717) is 23.2 Å². The van der Waals surface area contributed by atoms with Gasteiger partial charge in [-0.3, -0.25) is 0 Å². The highest BCUT2D eigenvalue weighted by Crippen LogP contribution is 2.45. The van der Waals surface area contributed by atoms with Crippen LogP contribution in [0.25, 0.3) is 0 Å². The summed E-state index contributed by atoms with van der Waals surface area (Å²) in [5, 5.41) is 0. The van der Waals surface area contributed by atoms with Crippen molar-refractivity contribution in [3.8, 4) is 0 Å². The minimum Gasteiger partial charge on any atom is -0.457 e. The maximum absolute atomic E-state index is 15.0. The molecule has 0 unspecified atom stereocenters. The first kappa shape index (κ1) is 39.4. The van der Waals surface area contributed by atoms with Crippen molar-refractivity contribution >= 4 is 11.9 Å². The smallest absolute Gasteiger partial charge is 0.338 e. The Morgan fingerprint density at radius 1 is 0.592 bits per heavy atom. The molecule has 0 atom stereocenters. The molecular formula is C45H70O4. The van der Waals surface area contributed by atoms with Gasteiger partial charge in [-0.25, -0.2) is 9.59 Å². The van der Waals surface area contributed by atoms with Gasteiger partial charge in [0.05, 0.1) is 5.57 Å². The van der Waals surface area contributed by atoms with Gasteiger partial charge in [-0.15, -0.1) is 0 Å². The zero-order chi connectivity index (χ0) is 34.5. The van der Waals surface area contributed by atoms with Crippen LogP contribution in [0, 0.1) is 23.7 Å².